The fourth-order valence-electron chi connectivity index (χ4n) is 2.58. The van der Waals surface area contributed by atoms with E-state index < -0.39 is 0 Å². The summed E-state index contributed by atoms with van der Waals surface area (Å²) in [7, 11) is 0. The quantitative estimate of drug-likeness (QED) is 0.768. The van der Waals surface area contributed by atoms with Crippen molar-refractivity contribution < 1.29 is 9.53 Å². The predicted molar refractivity (Wildman–Crippen MR) is 100 cm³/mol. The van der Waals surface area contributed by atoms with Gasteiger partial charge in [0, 0.05) is 37.7 Å². The third-order valence-corrected chi connectivity index (χ3v) is 4.34. The molecule has 0 bridgehead atoms. The van der Waals surface area contributed by atoms with E-state index in [0.717, 1.165) is 45.0 Å². The van der Waals surface area contributed by atoms with Crippen LogP contribution in [0.1, 0.15) is 16.1 Å². The van der Waals surface area contributed by atoms with E-state index in [1.54, 1.807) is 18.3 Å². The number of nitrogens with one attached hydrogen (secondary N) is 2. The lowest BCUT2D eigenvalue weighted by atomic mass is 10.2. The number of anilines is 1. The topological polar surface area (TPSA) is 79.4 Å². The van der Waals surface area contributed by atoms with Crippen LogP contribution >= 0.6 is 11.6 Å². The first kappa shape index (κ1) is 18.6. The molecule has 3 rings (SSSR count). The van der Waals surface area contributed by atoms with Gasteiger partial charge in [-0.1, -0.05) is 23.7 Å². The highest BCUT2D eigenvalue weighted by Crippen LogP contribution is 2.09. The van der Waals surface area contributed by atoms with Crippen LogP contribution in [-0.2, 0) is 11.3 Å². The lowest BCUT2D eigenvalue weighted by Gasteiger charge is -2.26. The van der Waals surface area contributed by atoms with Gasteiger partial charge in [0.1, 0.15) is 11.5 Å². The number of aromatic nitrogens is 2. The molecule has 0 aliphatic carbocycles. The number of morpholine rings is 1. The summed E-state index contributed by atoms with van der Waals surface area (Å²) in [5, 5.41) is 6.71. The zero-order valence-electron chi connectivity index (χ0n) is 14.4. The predicted octanol–water partition coefficient (Wildman–Crippen LogP) is 1.80. The molecule has 0 saturated carbocycles. The van der Waals surface area contributed by atoms with Gasteiger partial charge in [-0.3, -0.25) is 9.69 Å². The van der Waals surface area contributed by atoms with Crippen molar-refractivity contribution in [3.63, 3.8) is 0 Å². The molecule has 0 atom stereocenters. The molecule has 8 heteroatoms. The molecule has 2 aromatic rings. The number of hydrogen-bond donors (Lipinski definition) is 2. The molecule has 1 aliphatic heterocycles. The molecular formula is C18H22ClN5O2. The van der Waals surface area contributed by atoms with Crippen molar-refractivity contribution >= 4 is 23.3 Å². The van der Waals surface area contributed by atoms with Gasteiger partial charge < -0.3 is 15.4 Å². The number of hydrogen-bond acceptors (Lipinski definition) is 6. The molecule has 7 nitrogen and oxygen atoms in total. The summed E-state index contributed by atoms with van der Waals surface area (Å²) in [6.45, 7) is 5.61. The zero-order valence-corrected chi connectivity index (χ0v) is 15.2. The lowest BCUT2D eigenvalue weighted by Crippen LogP contribution is -2.39. The maximum atomic E-state index is 12.1. The third kappa shape index (κ3) is 5.66. The maximum Gasteiger partial charge on any atom is 0.271 e. The van der Waals surface area contributed by atoms with Crippen LogP contribution in [0, 0.1) is 0 Å². The third-order valence-electron chi connectivity index (χ3n) is 4.09. The minimum Gasteiger partial charge on any atom is -0.379 e. The van der Waals surface area contributed by atoms with Crippen LogP contribution in [0.3, 0.4) is 0 Å². The van der Waals surface area contributed by atoms with Crippen LogP contribution in [-0.4, -0.2) is 60.2 Å². The van der Waals surface area contributed by atoms with Gasteiger partial charge in [-0.2, -0.15) is 0 Å². The maximum absolute atomic E-state index is 12.1. The Morgan fingerprint density at radius 3 is 2.62 bits per heavy atom. The molecule has 2 heterocycles. The van der Waals surface area contributed by atoms with Crippen LogP contribution in [0.4, 0.5) is 5.82 Å². The second-order valence-corrected chi connectivity index (χ2v) is 6.41. The number of carbonyl (C=O) groups is 1. The Balaban J connectivity index is 1.42. The smallest absolute Gasteiger partial charge is 0.271 e. The van der Waals surface area contributed by atoms with E-state index in [1.807, 2.05) is 12.1 Å². The number of ether oxygens (including phenoxy) is 1. The largest absolute Gasteiger partial charge is 0.379 e. The number of amides is 1. The number of benzene rings is 1. The average molecular weight is 376 g/mol. The van der Waals surface area contributed by atoms with E-state index in [1.165, 1.54) is 6.20 Å². The second-order valence-electron chi connectivity index (χ2n) is 5.98. The second kappa shape index (κ2) is 9.47. The highest BCUT2D eigenvalue weighted by atomic mass is 35.5. The molecule has 0 unspecified atom stereocenters. The molecule has 26 heavy (non-hydrogen) atoms. The van der Waals surface area contributed by atoms with E-state index in [4.69, 9.17) is 16.3 Å². The molecule has 1 saturated heterocycles. The number of halogens is 1. The first-order valence-corrected chi connectivity index (χ1v) is 8.97. The van der Waals surface area contributed by atoms with Crippen molar-refractivity contribution in [2.45, 2.75) is 6.54 Å². The van der Waals surface area contributed by atoms with Crippen LogP contribution in [0.2, 0.25) is 5.02 Å². The standard InChI is InChI=1S/C18H22ClN5O2/c19-15-3-1-14(2-4-15)11-23-18(25)16-12-22-17(13-21-16)20-5-6-24-7-9-26-10-8-24/h1-4,12-13H,5-11H2,(H,20,22)(H,23,25). The van der Waals surface area contributed by atoms with E-state index in [9.17, 15) is 4.79 Å². The van der Waals surface area contributed by atoms with Gasteiger partial charge in [0.2, 0.25) is 0 Å². The van der Waals surface area contributed by atoms with Crippen molar-refractivity contribution in [1.29, 1.82) is 0 Å². The Kier molecular flexibility index (Phi) is 6.76. The van der Waals surface area contributed by atoms with Crippen LogP contribution < -0.4 is 10.6 Å². The van der Waals surface area contributed by atoms with Crippen LogP contribution in [0.25, 0.3) is 0 Å². The van der Waals surface area contributed by atoms with Gasteiger partial charge in [-0.05, 0) is 17.7 Å². The summed E-state index contributed by atoms with van der Waals surface area (Å²) in [4.78, 5) is 22.9. The van der Waals surface area contributed by atoms with Crippen molar-refractivity contribution in [2.75, 3.05) is 44.7 Å². The van der Waals surface area contributed by atoms with Crippen LogP contribution in [0.15, 0.2) is 36.7 Å². The highest BCUT2D eigenvalue weighted by Gasteiger charge is 2.10. The number of carbonyl (C=O) groups excluding carboxylic acids is 1. The van der Waals surface area contributed by atoms with Crippen molar-refractivity contribution in [1.82, 2.24) is 20.2 Å². The molecule has 2 N–H and O–H groups in total. The highest BCUT2D eigenvalue weighted by molar-refractivity contribution is 6.30. The minimum absolute atomic E-state index is 0.257. The Morgan fingerprint density at radius 1 is 1.15 bits per heavy atom. The van der Waals surface area contributed by atoms with E-state index in [-0.39, 0.29) is 11.6 Å². The minimum atomic E-state index is -0.257. The number of nitrogens with zero attached hydrogens (tertiary/aromatic N) is 3. The van der Waals surface area contributed by atoms with Crippen molar-refractivity contribution in [3.05, 3.63) is 52.9 Å². The number of rotatable bonds is 7. The van der Waals surface area contributed by atoms with Gasteiger partial charge in [0.05, 0.1) is 25.6 Å². The normalized spacial score (nSPS) is 14.8. The molecule has 0 radical (unpaired) electrons. The first-order valence-electron chi connectivity index (χ1n) is 8.59. The molecule has 1 aliphatic rings. The van der Waals surface area contributed by atoms with E-state index >= 15 is 0 Å². The Labute approximate surface area is 157 Å². The molecule has 1 amide bonds. The fourth-order valence-corrected chi connectivity index (χ4v) is 2.70. The van der Waals surface area contributed by atoms with Gasteiger partial charge in [-0.15, -0.1) is 0 Å². The van der Waals surface area contributed by atoms with Gasteiger partial charge in [0.15, 0.2) is 0 Å². The van der Waals surface area contributed by atoms with Gasteiger partial charge in [0.25, 0.3) is 5.91 Å². The SMILES string of the molecule is O=C(NCc1ccc(Cl)cc1)c1cnc(NCCN2CCOCC2)cn1. The van der Waals surface area contributed by atoms with E-state index in [0.29, 0.717) is 17.4 Å². The molecular weight excluding hydrogens is 354 g/mol. The molecule has 0 spiro atoms. The molecule has 1 aromatic carbocycles. The zero-order chi connectivity index (χ0) is 18.2. The summed E-state index contributed by atoms with van der Waals surface area (Å²) >= 11 is 5.85. The monoisotopic (exact) mass is 375 g/mol. The summed E-state index contributed by atoms with van der Waals surface area (Å²) < 4.78 is 5.33. The van der Waals surface area contributed by atoms with Crippen molar-refractivity contribution in [3.8, 4) is 0 Å². The summed E-state index contributed by atoms with van der Waals surface area (Å²) in [6.07, 6.45) is 3.06. The first-order chi connectivity index (χ1) is 12.7. The van der Waals surface area contributed by atoms with Crippen LogP contribution in [0.5, 0.6) is 0 Å². The lowest BCUT2D eigenvalue weighted by molar-refractivity contribution is 0.0398. The van der Waals surface area contributed by atoms with Crippen molar-refractivity contribution in [2.24, 2.45) is 0 Å². The average Bonchev–Trinajstić information content (AvgIpc) is 2.69. The molecule has 1 aromatic heterocycles. The summed E-state index contributed by atoms with van der Waals surface area (Å²) in [5.74, 6) is 0.403. The Morgan fingerprint density at radius 2 is 1.92 bits per heavy atom. The van der Waals surface area contributed by atoms with E-state index in [2.05, 4.69) is 25.5 Å². The Hall–Kier alpha value is -2.22. The summed E-state index contributed by atoms with van der Waals surface area (Å²) in [5.41, 5.74) is 1.26. The molecule has 1 fully saturated rings. The van der Waals surface area contributed by atoms with Gasteiger partial charge >= 0.3 is 0 Å². The Bertz CT molecular complexity index is 703. The molecule has 138 valence electrons. The fraction of sp³-hybridized carbons (Fsp3) is 0.389. The summed E-state index contributed by atoms with van der Waals surface area (Å²) in [6, 6.07) is 7.33. The van der Waals surface area contributed by atoms with Gasteiger partial charge in [-0.25, -0.2) is 9.97 Å².